The van der Waals surface area contributed by atoms with Crippen molar-refractivity contribution in [1.82, 2.24) is 0 Å². The Bertz CT molecular complexity index is 1110. The van der Waals surface area contributed by atoms with Gasteiger partial charge in [0.25, 0.3) is 0 Å². The average Bonchev–Trinajstić information content (AvgIpc) is 3.20. The summed E-state index contributed by atoms with van der Waals surface area (Å²) in [4.78, 5) is 36.2. The van der Waals surface area contributed by atoms with Crippen LogP contribution in [0.3, 0.4) is 0 Å². The van der Waals surface area contributed by atoms with E-state index in [0.29, 0.717) is 22.6 Å². The smallest absolute Gasteiger partial charge is 0.343 e. The van der Waals surface area contributed by atoms with E-state index in [1.54, 1.807) is 0 Å². The zero-order valence-corrected chi connectivity index (χ0v) is 23.3. The molecule has 0 bridgehead atoms. The second-order valence-electron chi connectivity index (χ2n) is 11.7. The van der Waals surface area contributed by atoms with Crippen molar-refractivity contribution in [1.29, 1.82) is 0 Å². The molecular formula is C30H40O8. The van der Waals surface area contributed by atoms with Crippen LogP contribution in [0, 0.1) is 17.3 Å². The predicted molar refractivity (Wildman–Crippen MR) is 140 cm³/mol. The van der Waals surface area contributed by atoms with Crippen LogP contribution >= 0.6 is 0 Å². The highest BCUT2D eigenvalue weighted by Gasteiger charge is 2.87. The summed E-state index contributed by atoms with van der Waals surface area (Å²) in [6.07, 6.45) is 8.11. The van der Waals surface area contributed by atoms with Crippen molar-refractivity contribution in [3.63, 3.8) is 0 Å². The maximum absolute atomic E-state index is 12.1. The van der Waals surface area contributed by atoms with Gasteiger partial charge in [-0.1, -0.05) is 59.5 Å². The SMILES string of the molecule is CCCCCCC(C)(C)c1cc(OCC(=O)OC)c([C@]23C=C(C(=O)O)[C@H]4CC2[C@@]43C)c(OCC(=O)OC)c1. The molecule has 0 amide bonds. The third-order valence-electron chi connectivity index (χ3n) is 9.35. The third kappa shape index (κ3) is 4.35. The van der Waals surface area contributed by atoms with Crippen LogP contribution in [0.25, 0.3) is 0 Å². The zero-order valence-electron chi connectivity index (χ0n) is 23.3. The van der Waals surface area contributed by atoms with E-state index in [2.05, 4.69) is 27.7 Å². The topological polar surface area (TPSA) is 108 Å². The van der Waals surface area contributed by atoms with Gasteiger partial charge < -0.3 is 24.1 Å². The van der Waals surface area contributed by atoms with Crippen LogP contribution in [0.1, 0.15) is 77.3 Å². The molecule has 0 heterocycles. The number of hydrogen-bond donors (Lipinski definition) is 1. The molecule has 8 nitrogen and oxygen atoms in total. The van der Waals surface area contributed by atoms with Gasteiger partial charge in [-0.2, -0.15) is 0 Å². The minimum Gasteiger partial charge on any atom is -0.481 e. The summed E-state index contributed by atoms with van der Waals surface area (Å²) in [5, 5.41) is 9.90. The van der Waals surface area contributed by atoms with Gasteiger partial charge in [0, 0.05) is 16.6 Å². The van der Waals surface area contributed by atoms with E-state index in [1.165, 1.54) is 20.6 Å². The molecule has 1 unspecified atom stereocenters. The Labute approximate surface area is 224 Å². The molecule has 0 aromatic heterocycles. The maximum atomic E-state index is 12.1. The van der Waals surface area contributed by atoms with Crippen LogP contribution in [0.5, 0.6) is 11.5 Å². The Morgan fingerprint density at radius 2 is 1.58 bits per heavy atom. The van der Waals surface area contributed by atoms with Gasteiger partial charge in [0.15, 0.2) is 13.2 Å². The molecule has 208 valence electrons. The molecule has 3 aliphatic rings. The number of aliphatic carboxylic acids is 1. The monoisotopic (exact) mass is 528 g/mol. The first kappa shape index (κ1) is 28.0. The van der Waals surface area contributed by atoms with Crippen LogP contribution in [-0.2, 0) is 34.7 Å². The van der Waals surface area contributed by atoms with E-state index in [4.69, 9.17) is 18.9 Å². The lowest BCUT2D eigenvalue weighted by Crippen LogP contribution is -2.29. The van der Waals surface area contributed by atoms with Crippen LogP contribution in [0.15, 0.2) is 23.8 Å². The molecule has 1 N–H and O–H groups in total. The first-order valence-corrected chi connectivity index (χ1v) is 13.5. The normalized spacial score (nSPS) is 26.5. The molecule has 2 fully saturated rings. The Hall–Kier alpha value is -3.03. The molecule has 1 aromatic rings. The number of hydrogen-bond acceptors (Lipinski definition) is 7. The molecule has 0 radical (unpaired) electrons. The summed E-state index contributed by atoms with van der Waals surface area (Å²) in [6, 6.07) is 3.92. The molecule has 0 spiro atoms. The fraction of sp³-hybridized carbons (Fsp3) is 0.633. The molecular weight excluding hydrogens is 488 g/mol. The number of carboxylic acid groups (broad SMARTS) is 1. The molecule has 38 heavy (non-hydrogen) atoms. The maximum Gasteiger partial charge on any atom is 0.343 e. The average molecular weight is 529 g/mol. The summed E-state index contributed by atoms with van der Waals surface area (Å²) in [6.45, 7) is 8.03. The van der Waals surface area contributed by atoms with Gasteiger partial charge in [-0.25, -0.2) is 14.4 Å². The largest absolute Gasteiger partial charge is 0.481 e. The number of methoxy groups -OCH3 is 2. The molecule has 8 heteroatoms. The van der Waals surface area contributed by atoms with Gasteiger partial charge in [-0.15, -0.1) is 0 Å². The van der Waals surface area contributed by atoms with Crippen molar-refractivity contribution < 1.29 is 38.4 Å². The second-order valence-corrected chi connectivity index (χ2v) is 11.7. The minimum absolute atomic E-state index is 0.0541. The zero-order chi connectivity index (χ0) is 27.9. The number of carboxylic acids is 1. The highest BCUT2D eigenvalue weighted by atomic mass is 16.6. The van der Waals surface area contributed by atoms with E-state index >= 15 is 0 Å². The number of allylic oxidation sites excluding steroid dienone is 1. The van der Waals surface area contributed by atoms with Crippen molar-refractivity contribution in [3.8, 4) is 11.5 Å². The number of rotatable bonds is 14. The van der Waals surface area contributed by atoms with E-state index in [9.17, 15) is 19.5 Å². The van der Waals surface area contributed by atoms with Crippen LogP contribution in [0.4, 0.5) is 0 Å². The van der Waals surface area contributed by atoms with E-state index in [-0.39, 0.29) is 35.9 Å². The van der Waals surface area contributed by atoms with Crippen molar-refractivity contribution in [2.24, 2.45) is 17.3 Å². The Balaban J connectivity index is 1.83. The molecule has 3 aliphatic carbocycles. The molecule has 2 saturated carbocycles. The minimum atomic E-state index is -0.917. The molecule has 1 aromatic carbocycles. The number of fused-ring (bicyclic) bond motifs is 1. The van der Waals surface area contributed by atoms with Crippen LogP contribution in [-0.4, -0.2) is 50.4 Å². The van der Waals surface area contributed by atoms with Crippen molar-refractivity contribution in [2.45, 2.75) is 77.0 Å². The van der Waals surface area contributed by atoms with Gasteiger partial charge in [0.05, 0.1) is 14.2 Å². The van der Waals surface area contributed by atoms with E-state index in [0.717, 1.165) is 37.7 Å². The van der Waals surface area contributed by atoms with Gasteiger partial charge in [0.1, 0.15) is 11.5 Å². The fourth-order valence-corrected chi connectivity index (χ4v) is 6.97. The Morgan fingerprint density at radius 3 is 2.05 bits per heavy atom. The Morgan fingerprint density at radius 1 is 1.00 bits per heavy atom. The van der Waals surface area contributed by atoms with Crippen molar-refractivity contribution >= 4 is 17.9 Å². The first-order chi connectivity index (χ1) is 18.0. The number of benzene rings is 1. The molecule has 0 aliphatic heterocycles. The van der Waals surface area contributed by atoms with Crippen molar-refractivity contribution in [2.75, 3.05) is 27.4 Å². The number of unbranched alkanes of at least 4 members (excludes halogenated alkanes) is 3. The summed E-state index contributed by atoms with van der Waals surface area (Å²) >= 11 is 0. The summed E-state index contributed by atoms with van der Waals surface area (Å²) < 4.78 is 21.9. The molecule has 4 atom stereocenters. The highest BCUT2D eigenvalue weighted by molar-refractivity contribution is 5.92. The quantitative estimate of drug-likeness (QED) is 0.267. The Kier molecular flexibility index (Phi) is 7.56. The molecule has 4 rings (SSSR count). The van der Waals surface area contributed by atoms with E-state index in [1.807, 2.05) is 18.2 Å². The lowest BCUT2D eigenvalue weighted by Gasteiger charge is -2.32. The van der Waals surface area contributed by atoms with Gasteiger partial charge in [-0.05, 0) is 53.2 Å². The van der Waals surface area contributed by atoms with Crippen LogP contribution in [0.2, 0.25) is 0 Å². The lowest BCUT2D eigenvalue weighted by atomic mass is 9.71. The summed E-state index contributed by atoms with van der Waals surface area (Å²) in [5.74, 6) is -0.853. The lowest BCUT2D eigenvalue weighted by molar-refractivity contribution is -0.143. The van der Waals surface area contributed by atoms with Crippen molar-refractivity contribution in [3.05, 3.63) is 34.9 Å². The number of carbonyl (C=O) groups is 3. The molecule has 0 saturated heterocycles. The predicted octanol–water partition coefficient (Wildman–Crippen LogP) is 4.96. The number of esters is 2. The summed E-state index contributed by atoms with van der Waals surface area (Å²) in [7, 11) is 2.61. The van der Waals surface area contributed by atoms with Gasteiger partial charge in [0.2, 0.25) is 0 Å². The third-order valence-corrected chi connectivity index (χ3v) is 9.35. The number of carbonyl (C=O) groups excluding carboxylic acids is 2. The van der Waals surface area contributed by atoms with Gasteiger partial charge in [-0.3, -0.25) is 0 Å². The fourth-order valence-electron chi connectivity index (χ4n) is 6.97. The van der Waals surface area contributed by atoms with Crippen LogP contribution < -0.4 is 9.47 Å². The standard InChI is InChI=1S/C30H40O8/c1-7-8-9-10-11-28(2,3)18-12-21(37-16-24(31)35-5)26(22(13-18)38-17-25(32)36-6)30-15-19(27(33)34)20-14-23(30)29(20,30)4/h12-13,15,20,23H,7-11,14,16-17H2,1-6H3,(H,33,34)/t20-,23?,29-,30+/m1/s1. The van der Waals surface area contributed by atoms with E-state index < -0.39 is 23.3 Å². The highest BCUT2D eigenvalue weighted by Crippen LogP contribution is 2.89. The number of ether oxygens (including phenoxy) is 4. The van der Waals surface area contributed by atoms with Gasteiger partial charge >= 0.3 is 17.9 Å². The summed E-state index contributed by atoms with van der Waals surface area (Å²) in [5.41, 5.74) is 0.958. The first-order valence-electron chi connectivity index (χ1n) is 13.5. The second kappa shape index (κ2) is 10.3.